The quantitative estimate of drug-likeness (QED) is 0.0213. The summed E-state index contributed by atoms with van der Waals surface area (Å²) in [4.78, 5) is 37.5. The SMILES string of the molecule is CC\C=C/C=C\C=C/C=C\CCCCCC(=O)OCC(COC(=O)CCCCCCCCCCC)OC(=O)CCCC/C=C\C/C=C\C/C=C\CC. The summed E-state index contributed by atoms with van der Waals surface area (Å²) in [6, 6.07) is 0. The lowest BCUT2D eigenvalue weighted by molar-refractivity contribution is -0.167. The molecule has 0 aliphatic carbocycles. The maximum atomic E-state index is 12.6. The second-order valence-electron chi connectivity index (χ2n) is 13.2. The van der Waals surface area contributed by atoms with E-state index in [0.29, 0.717) is 19.3 Å². The van der Waals surface area contributed by atoms with Crippen LogP contribution in [0.25, 0.3) is 0 Å². The predicted octanol–water partition coefficient (Wildman–Crippen LogP) is 12.9. The highest BCUT2D eigenvalue weighted by Crippen LogP contribution is 2.12. The van der Waals surface area contributed by atoms with E-state index in [1.54, 1.807) is 0 Å². The van der Waals surface area contributed by atoms with Crippen molar-refractivity contribution >= 4 is 17.9 Å². The third kappa shape index (κ3) is 37.8. The van der Waals surface area contributed by atoms with Gasteiger partial charge in [-0.1, -0.05) is 164 Å². The lowest BCUT2D eigenvalue weighted by Gasteiger charge is -2.18. The molecule has 6 heteroatoms. The fourth-order valence-corrected chi connectivity index (χ4v) is 5.17. The molecule has 0 rings (SSSR count). The van der Waals surface area contributed by atoms with Crippen LogP contribution in [-0.4, -0.2) is 37.2 Å². The van der Waals surface area contributed by atoms with Crippen molar-refractivity contribution in [2.24, 2.45) is 0 Å². The second kappa shape index (κ2) is 40.4. The molecule has 0 aromatic rings. The summed E-state index contributed by atoms with van der Waals surface area (Å²) in [6.07, 6.45) is 50.0. The van der Waals surface area contributed by atoms with Gasteiger partial charge >= 0.3 is 17.9 Å². The number of unbranched alkanes of at least 4 members (excludes halogenated alkanes) is 13. The fourth-order valence-electron chi connectivity index (χ4n) is 5.17. The smallest absolute Gasteiger partial charge is 0.306 e. The zero-order valence-electron chi connectivity index (χ0n) is 33.3. The largest absolute Gasteiger partial charge is 0.462 e. The van der Waals surface area contributed by atoms with E-state index < -0.39 is 6.10 Å². The van der Waals surface area contributed by atoms with Crippen LogP contribution in [0.5, 0.6) is 0 Å². The van der Waals surface area contributed by atoms with Gasteiger partial charge in [0.1, 0.15) is 13.2 Å². The normalized spacial score (nSPS) is 12.9. The minimum absolute atomic E-state index is 0.105. The van der Waals surface area contributed by atoms with Gasteiger partial charge in [-0.15, -0.1) is 0 Å². The highest BCUT2D eigenvalue weighted by Gasteiger charge is 2.19. The average Bonchev–Trinajstić information content (AvgIpc) is 3.14. The van der Waals surface area contributed by atoms with Gasteiger partial charge in [0.2, 0.25) is 0 Å². The number of esters is 3. The molecule has 0 spiro atoms. The molecule has 0 N–H and O–H groups in total. The van der Waals surface area contributed by atoms with E-state index in [4.69, 9.17) is 14.2 Å². The number of carbonyl (C=O) groups is 3. The van der Waals surface area contributed by atoms with Gasteiger partial charge in [0.05, 0.1) is 0 Å². The molecular formula is C46H74O6. The van der Waals surface area contributed by atoms with Crippen molar-refractivity contribution < 1.29 is 28.6 Å². The monoisotopic (exact) mass is 723 g/mol. The molecule has 52 heavy (non-hydrogen) atoms. The first-order chi connectivity index (χ1) is 25.5. The summed E-state index contributed by atoms with van der Waals surface area (Å²) in [5.41, 5.74) is 0. The third-order valence-corrected chi connectivity index (χ3v) is 8.24. The van der Waals surface area contributed by atoms with Crippen LogP contribution in [0.2, 0.25) is 0 Å². The van der Waals surface area contributed by atoms with E-state index >= 15 is 0 Å². The average molecular weight is 723 g/mol. The Kier molecular flexibility index (Phi) is 37.7. The Morgan fingerprint density at radius 2 is 0.846 bits per heavy atom. The van der Waals surface area contributed by atoms with Gasteiger partial charge in [-0.3, -0.25) is 14.4 Å². The number of hydrogen-bond acceptors (Lipinski definition) is 6. The lowest BCUT2D eigenvalue weighted by atomic mass is 10.1. The summed E-state index contributed by atoms with van der Waals surface area (Å²) in [5, 5.41) is 0. The first kappa shape index (κ1) is 48.6. The molecule has 0 aliphatic heterocycles. The molecule has 0 bridgehead atoms. The molecule has 0 heterocycles. The van der Waals surface area contributed by atoms with Crippen molar-refractivity contribution in [1.82, 2.24) is 0 Å². The van der Waals surface area contributed by atoms with Crippen molar-refractivity contribution in [3.05, 3.63) is 85.1 Å². The Labute approximate surface area is 318 Å². The van der Waals surface area contributed by atoms with Gasteiger partial charge in [0.15, 0.2) is 6.10 Å². The summed E-state index contributed by atoms with van der Waals surface area (Å²) in [7, 11) is 0. The number of carbonyl (C=O) groups excluding carboxylic acids is 3. The van der Waals surface area contributed by atoms with E-state index in [1.807, 2.05) is 36.5 Å². The van der Waals surface area contributed by atoms with Gasteiger partial charge in [-0.05, 0) is 70.6 Å². The van der Waals surface area contributed by atoms with E-state index in [9.17, 15) is 14.4 Å². The third-order valence-electron chi connectivity index (χ3n) is 8.24. The molecule has 0 aliphatic rings. The van der Waals surface area contributed by atoms with Crippen LogP contribution in [0.1, 0.15) is 168 Å². The number of rotatable bonds is 35. The van der Waals surface area contributed by atoms with Gasteiger partial charge in [-0.2, -0.15) is 0 Å². The van der Waals surface area contributed by atoms with Crippen LogP contribution in [0, 0.1) is 0 Å². The van der Waals surface area contributed by atoms with Crippen LogP contribution in [-0.2, 0) is 28.6 Å². The van der Waals surface area contributed by atoms with Gasteiger partial charge in [0, 0.05) is 19.3 Å². The molecule has 0 aromatic carbocycles. The summed E-state index contributed by atoms with van der Waals surface area (Å²) in [5.74, 6) is -1.00. The topological polar surface area (TPSA) is 78.9 Å². The molecule has 0 aromatic heterocycles. The van der Waals surface area contributed by atoms with Crippen LogP contribution < -0.4 is 0 Å². The Balaban J connectivity index is 4.53. The van der Waals surface area contributed by atoms with Crippen molar-refractivity contribution in [3.8, 4) is 0 Å². The standard InChI is InChI=1S/C46H74O6/c1-4-7-10-13-16-19-21-23-25-27-30-33-36-39-45(48)51-42-43(41-50-44(47)38-35-32-29-26-18-15-12-9-6-3)52-46(49)40-37-34-31-28-24-22-20-17-14-11-8-5-2/h7-8,10-11,13,16-17,19-21,23-25,28,43H,4-6,9,12,14-15,18,22,26-27,29-42H2,1-3H3/b10-7-,11-8-,16-13-,20-17-,21-19-,25-23-,28-24-. The maximum Gasteiger partial charge on any atom is 0.306 e. The second-order valence-corrected chi connectivity index (χ2v) is 13.2. The fraction of sp³-hybridized carbons (Fsp3) is 0.630. The molecule has 0 fully saturated rings. The van der Waals surface area contributed by atoms with Gasteiger partial charge in [0.25, 0.3) is 0 Å². The summed E-state index contributed by atoms with van der Waals surface area (Å²) in [6.45, 7) is 6.25. The lowest BCUT2D eigenvalue weighted by Crippen LogP contribution is -2.30. The highest BCUT2D eigenvalue weighted by molar-refractivity contribution is 5.71. The zero-order valence-corrected chi connectivity index (χ0v) is 33.3. The Bertz CT molecular complexity index is 1060. The predicted molar refractivity (Wildman–Crippen MR) is 219 cm³/mol. The van der Waals surface area contributed by atoms with Crippen molar-refractivity contribution in [3.63, 3.8) is 0 Å². The van der Waals surface area contributed by atoms with Crippen LogP contribution in [0.15, 0.2) is 85.1 Å². The van der Waals surface area contributed by atoms with E-state index in [-0.39, 0.29) is 37.5 Å². The molecule has 6 nitrogen and oxygen atoms in total. The molecule has 1 unspecified atom stereocenters. The molecule has 0 amide bonds. The highest BCUT2D eigenvalue weighted by atomic mass is 16.6. The first-order valence-electron chi connectivity index (χ1n) is 20.6. The minimum atomic E-state index is -0.807. The zero-order chi connectivity index (χ0) is 38.0. The maximum absolute atomic E-state index is 12.6. The number of hydrogen-bond donors (Lipinski definition) is 0. The van der Waals surface area contributed by atoms with Gasteiger partial charge < -0.3 is 14.2 Å². The Hall–Kier alpha value is -3.41. The number of ether oxygens (including phenoxy) is 3. The van der Waals surface area contributed by atoms with Gasteiger partial charge in [-0.25, -0.2) is 0 Å². The summed E-state index contributed by atoms with van der Waals surface area (Å²) >= 11 is 0. The van der Waals surface area contributed by atoms with Crippen LogP contribution >= 0.6 is 0 Å². The van der Waals surface area contributed by atoms with E-state index in [0.717, 1.165) is 83.5 Å². The first-order valence-corrected chi connectivity index (χ1v) is 20.6. The van der Waals surface area contributed by atoms with E-state index in [1.165, 1.54) is 38.5 Å². The van der Waals surface area contributed by atoms with E-state index in [2.05, 4.69) is 69.4 Å². The summed E-state index contributed by atoms with van der Waals surface area (Å²) < 4.78 is 16.6. The van der Waals surface area contributed by atoms with Crippen molar-refractivity contribution in [1.29, 1.82) is 0 Å². The Morgan fingerprint density at radius 3 is 1.44 bits per heavy atom. The van der Waals surface area contributed by atoms with Crippen molar-refractivity contribution in [2.75, 3.05) is 13.2 Å². The molecular weight excluding hydrogens is 648 g/mol. The van der Waals surface area contributed by atoms with Crippen LogP contribution in [0.3, 0.4) is 0 Å². The van der Waals surface area contributed by atoms with Crippen LogP contribution in [0.4, 0.5) is 0 Å². The Morgan fingerprint density at radius 1 is 0.423 bits per heavy atom. The molecule has 0 radical (unpaired) electrons. The minimum Gasteiger partial charge on any atom is -0.462 e. The molecule has 0 saturated carbocycles. The molecule has 0 saturated heterocycles. The van der Waals surface area contributed by atoms with Crippen molar-refractivity contribution in [2.45, 2.75) is 175 Å². The molecule has 1 atom stereocenters. The number of allylic oxidation sites excluding steroid dienone is 14. The molecule has 294 valence electrons.